The normalized spacial score (nSPS) is 14.1. The Morgan fingerprint density at radius 1 is 0.886 bits per heavy atom. The van der Waals surface area contributed by atoms with Crippen molar-refractivity contribution in [2.24, 2.45) is 5.73 Å². The second kappa shape index (κ2) is 13.1. The number of amides is 3. The van der Waals surface area contributed by atoms with Crippen molar-refractivity contribution < 1.29 is 34.5 Å². The van der Waals surface area contributed by atoms with Crippen LogP contribution in [0.25, 0.3) is 0 Å². The number of hydrogen-bond acceptors (Lipinski definition) is 7. The van der Waals surface area contributed by atoms with Gasteiger partial charge in [-0.3, -0.25) is 14.4 Å². The van der Waals surface area contributed by atoms with Crippen molar-refractivity contribution in [3.05, 3.63) is 65.7 Å². The van der Waals surface area contributed by atoms with Crippen molar-refractivity contribution in [2.45, 2.75) is 44.0 Å². The SMILES string of the molecule is CC(O)C(NC(=O)CNC(=O)C(N)Cc1ccccc1)C(=O)NC(Cc1ccc(O)cc1)C(=O)O. The van der Waals surface area contributed by atoms with Gasteiger partial charge in [0.05, 0.1) is 18.7 Å². The van der Waals surface area contributed by atoms with Gasteiger partial charge in [0.25, 0.3) is 0 Å². The third kappa shape index (κ3) is 9.07. The van der Waals surface area contributed by atoms with Gasteiger partial charge in [-0.1, -0.05) is 42.5 Å². The number of aliphatic hydroxyl groups excluding tert-OH is 1. The Balaban J connectivity index is 1.90. The minimum absolute atomic E-state index is 0.00894. The van der Waals surface area contributed by atoms with Crippen LogP contribution in [0.5, 0.6) is 5.75 Å². The second-order valence-electron chi connectivity index (χ2n) is 8.07. The lowest BCUT2D eigenvalue weighted by molar-refractivity contribution is -0.142. The van der Waals surface area contributed by atoms with Crippen molar-refractivity contribution in [1.82, 2.24) is 16.0 Å². The number of carboxylic acid groups (broad SMARTS) is 1. The quantitative estimate of drug-likeness (QED) is 0.200. The summed E-state index contributed by atoms with van der Waals surface area (Å²) >= 11 is 0. The standard InChI is InChI=1S/C24H30N4O7/c1-14(29)21(23(33)27-19(24(34)35)12-16-7-9-17(30)10-8-16)28-20(31)13-26-22(32)18(25)11-15-5-3-2-4-6-15/h2-10,14,18-19,21,29-30H,11-13,25H2,1H3,(H,26,32)(H,27,33)(H,28,31)(H,34,35). The lowest BCUT2D eigenvalue weighted by Crippen LogP contribution is -2.57. The van der Waals surface area contributed by atoms with Gasteiger partial charge in [-0.05, 0) is 36.6 Å². The molecule has 3 amide bonds. The van der Waals surface area contributed by atoms with Crippen LogP contribution in [0.2, 0.25) is 0 Å². The summed E-state index contributed by atoms with van der Waals surface area (Å²) < 4.78 is 0. The number of carbonyl (C=O) groups excluding carboxylic acids is 3. The van der Waals surface area contributed by atoms with Gasteiger partial charge < -0.3 is 37.0 Å². The molecule has 11 nitrogen and oxygen atoms in total. The number of carbonyl (C=O) groups is 4. The molecule has 0 spiro atoms. The van der Waals surface area contributed by atoms with Crippen LogP contribution < -0.4 is 21.7 Å². The van der Waals surface area contributed by atoms with Crippen LogP contribution in [0.1, 0.15) is 18.1 Å². The fraction of sp³-hybridized carbons (Fsp3) is 0.333. The zero-order chi connectivity index (χ0) is 26.0. The highest BCUT2D eigenvalue weighted by molar-refractivity contribution is 5.93. The third-order valence-corrected chi connectivity index (χ3v) is 5.13. The van der Waals surface area contributed by atoms with E-state index in [1.165, 1.54) is 31.2 Å². The van der Waals surface area contributed by atoms with E-state index < -0.39 is 54.5 Å². The van der Waals surface area contributed by atoms with Crippen molar-refractivity contribution in [1.29, 1.82) is 0 Å². The molecule has 188 valence electrons. The summed E-state index contributed by atoms with van der Waals surface area (Å²) in [6.45, 7) is 0.766. The number of benzene rings is 2. The van der Waals surface area contributed by atoms with Gasteiger partial charge in [0.1, 0.15) is 17.8 Å². The summed E-state index contributed by atoms with van der Waals surface area (Å²) in [5, 5.41) is 35.8. The topological polar surface area (TPSA) is 191 Å². The van der Waals surface area contributed by atoms with E-state index in [2.05, 4.69) is 16.0 Å². The molecule has 0 aliphatic carbocycles. The molecule has 11 heteroatoms. The van der Waals surface area contributed by atoms with Gasteiger partial charge in [-0.25, -0.2) is 4.79 Å². The van der Waals surface area contributed by atoms with Crippen LogP contribution in [0, 0.1) is 0 Å². The summed E-state index contributed by atoms with van der Waals surface area (Å²) in [7, 11) is 0. The Kier molecular flexibility index (Phi) is 10.2. The Morgan fingerprint density at radius 3 is 2.06 bits per heavy atom. The number of nitrogens with one attached hydrogen (secondary N) is 3. The van der Waals surface area contributed by atoms with E-state index in [0.717, 1.165) is 5.56 Å². The first-order valence-corrected chi connectivity index (χ1v) is 10.9. The zero-order valence-electron chi connectivity index (χ0n) is 19.2. The number of hydrogen-bond donors (Lipinski definition) is 7. The maximum atomic E-state index is 12.6. The third-order valence-electron chi connectivity index (χ3n) is 5.13. The minimum Gasteiger partial charge on any atom is -0.508 e. The van der Waals surface area contributed by atoms with Crippen LogP contribution in [0.15, 0.2) is 54.6 Å². The van der Waals surface area contributed by atoms with E-state index in [1.807, 2.05) is 30.3 Å². The van der Waals surface area contributed by atoms with Gasteiger partial charge in [0.15, 0.2) is 0 Å². The molecule has 0 aliphatic rings. The first-order chi connectivity index (χ1) is 16.6. The smallest absolute Gasteiger partial charge is 0.326 e. The molecule has 2 rings (SSSR count). The van der Waals surface area contributed by atoms with Gasteiger partial charge in [0.2, 0.25) is 17.7 Å². The molecule has 0 saturated heterocycles. The van der Waals surface area contributed by atoms with Gasteiger partial charge in [0, 0.05) is 6.42 Å². The maximum absolute atomic E-state index is 12.6. The number of rotatable bonds is 12. The number of phenolic OH excluding ortho intramolecular Hbond substituents is 1. The first-order valence-electron chi connectivity index (χ1n) is 10.9. The van der Waals surface area contributed by atoms with Gasteiger partial charge in [-0.15, -0.1) is 0 Å². The predicted octanol–water partition coefficient (Wildman–Crippen LogP) is -0.944. The van der Waals surface area contributed by atoms with Crippen LogP contribution in [0.4, 0.5) is 0 Å². The maximum Gasteiger partial charge on any atom is 0.326 e. The molecule has 0 radical (unpaired) electrons. The van der Waals surface area contributed by atoms with E-state index in [4.69, 9.17) is 5.73 Å². The fourth-order valence-electron chi connectivity index (χ4n) is 3.22. The molecule has 2 aromatic carbocycles. The second-order valence-corrected chi connectivity index (χ2v) is 8.07. The first kappa shape index (κ1) is 27.3. The highest BCUT2D eigenvalue weighted by atomic mass is 16.4. The van der Waals surface area contributed by atoms with E-state index in [-0.39, 0.29) is 18.6 Å². The molecule has 8 N–H and O–H groups in total. The number of phenols is 1. The van der Waals surface area contributed by atoms with E-state index in [0.29, 0.717) is 5.56 Å². The van der Waals surface area contributed by atoms with Crippen LogP contribution >= 0.6 is 0 Å². The minimum atomic E-state index is -1.46. The van der Waals surface area contributed by atoms with Crippen molar-refractivity contribution in [3.63, 3.8) is 0 Å². The van der Waals surface area contributed by atoms with Crippen molar-refractivity contribution in [2.75, 3.05) is 6.54 Å². The summed E-state index contributed by atoms with van der Waals surface area (Å²) in [6, 6.07) is 11.2. The molecule has 4 atom stereocenters. The Bertz CT molecular complexity index is 1010. The largest absolute Gasteiger partial charge is 0.508 e. The molecular weight excluding hydrogens is 456 g/mol. The molecule has 4 unspecified atom stereocenters. The molecule has 35 heavy (non-hydrogen) atoms. The molecule has 0 aromatic heterocycles. The van der Waals surface area contributed by atoms with Crippen LogP contribution in [0.3, 0.4) is 0 Å². The molecule has 0 bridgehead atoms. The number of carboxylic acids is 1. The molecule has 0 heterocycles. The Labute approximate surface area is 202 Å². The number of aliphatic carboxylic acids is 1. The van der Waals surface area contributed by atoms with Crippen LogP contribution in [-0.4, -0.2) is 69.8 Å². The average Bonchev–Trinajstić information content (AvgIpc) is 2.82. The number of aliphatic hydroxyl groups is 1. The van der Waals surface area contributed by atoms with Gasteiger partial charge in [-0.2, -0.15) is 0 Å². The molecular formula is C24H30N4O7. The van der Waals surface area contributed by atoms with E-state index >= 15 is 0 Å². The Morgan fingerprint density at radius 2 is 1.49 bits per heavy atom. The monoisotopic (exact) mass is 486 g/mol. The average molecular weight is 487 g/mol. The highest BCUT2D eigenvalue weighted by Gasteiger charge is 2.30. The highest BCUT2D eigenvalue weighted by Crippen LogP contribution is 2.12. The Hall–Kier alpha value is -3.96. The van der Waals surface area contributed by atoms with Gasteiger partial charge >= 0.3 is 5.97 Å². The lowest BCUT2D eigenvalue weighted by Gasteiger charge is -2.23. The molecule has 0 fully saturated rings. The van der Waals surface area contributed by atoms with E-state index in [9.17, 15) is 34.5 Å². The summed E-state index contributed by atoms with van der Waals surface area (Å²) in [4.78, 5) is 48.7. The van der Waals surface area contributed by atoms with E-state index in [1.54, 1.807) is 0 Å². The number of nitrogens with two attached hydrogens (primary N) is 1. The summed E-state index contributed by atoms with van der Waals surface area (Å²) in [6.07, 6.45) is -1.17. The zero-order valence-corrected chi connectivity index (χ0v) is 19.2. The lowest BCUT2D eigenvalue weighted by atomic mass is 10.0. The van der Waals surface area contributed by atoms with Crippen LogP contribution in [-0.2, 0) is 32.0 Å². The van der Waals surface area contributed by atoms with Crippen molar-refractivity contribution >= 4 is 23.7 Å². The fourth-order valence-corrected chi connectivity index (χ4v) is 3.22. The molecule has 0 aliphatic heterocycles. The number of aromatic hydroxyl groups is 1. The summed E-state index contributed by atoms with van der Waals surface area (Å²) in [5.41, 5.74) is 7.27. The molecule has 2 aromatic rings. The molecule has 0 saturated carbocycles. The van der Waals surface area contributed by atoms with Crippen molar-refractivity contribution in [3.8, 4) is 5.75 Å². The predicted molar refractivity (Wildman–Crippen MR) is 126 cm³/mol. The summed E-state index contributed by atoms with van der Waals surface area (Å²) in [5.74, 6) is -3.55.